The van der Waals surface area contributed by atoms with E-state index in [-0.39, 0.29) is 0 Å². The minimum atomic E-state index is 0.646. The molecule has 0 radical (unpaired) electrons. The van der Waals surface area contributed by atoms with Gasteiger partial charge in [-0.15, -0.1) is 11.3 Å². The second-order valence-electron chi connectivity index (χ2n) is 6.84. The molecule has 0 amide bonds. The van der Waals surface area contributed by atoms with Crippen LogP contribution in [0.5, 0.6) is 0 Å². The van der Waals surface area contributed by atoms with E-state index in [1.807, 2.05) is 17.5 Å². The minimum Gasteiger partial charge on any atom is -0.371 e. The summed E-state index contributed by atoms with van der Waals surface area (Å²) in [5.74, 6) is 1.34. The summed E-state index contributed by atoms with van der Waals surface area (Å²) in [6.45, 7) is 3.83. The summed E-state index contributed by atoms with van der Waals surface area (Å²) in [6, 6.07) is 12.7. The highest BCUT2D eigenvalue weighted by Gasteiger charge is 2.16. The molecule has 26 heavy (non-hydrogen) atoms. The van der Waals surface area contributed by atoms with E-state index in [1.54, 1.807) is 11.3 Å². The molecule has 0 bridgehead atoms. The molecule has 0 aliphatic carbocycles. The normalized spacial score (nSPS) is 14.9. The van der Waals surface area contributed by atoms with Crippen LogP contribution in [0.1, 0.15) is 30.7 Å². The van der Waals surface area contributed by atoms with E-state index in [0.717, 1.165) is 24.5 Å². The Bertz CT molecular complexity index is 824. The van der Waals surface area contributed by atoms with E-state index >= 15 is 0 Å². The van der Waals surface area contributed by atoms with Crippen LogP contribution in [0.3, 0.4) is 0 Å². The average Bonchev–Trinajstić information content (AvgIpc) is 3.34. The molecule has 3 heterocycles. The number of aromatic nitrogens is 2. The van der Waals surface area contributed by atoms with Gasteiger partial charge < -0.3 is 9.42 Å². The third-order valence-electron chi connectivity index (χ3n) is 4.74. The Morgan fingerprint density at radius 1 is 1.08 bits per heavy atom. The SMILES string of the molecule is CN(Cc1nc(-c2cccs2)no1)Cc1ccccc1N1CCCCC1. The van der Waals surface area contributed by atoms with E-state index in [0.29, 0.717) is 18.3 Å². The zero-order valence-corrected chi connectivity index (χ0v) is 15.9. The fourth-order valence-corrected chi connectivity index (χ4v) is 4.14. The van der Waals surface area contributed by atoms with Crippen molar-refractivity contribution in [1.82, 2.24) is 15.0 Å². The first-order chi connectivity index (χ1) is 12.8. The van der Waals surface area contributed by atoms with Crippen LogP contribution in [-0.2, 0) is 13.1 Å². The number of nitrogens with zero attached hydrogens (tertiary/aromatic N) is 4. The third-order valence-corrected chi connectivity index (χ3v) is 5.61. The Labute approximate surface area is 158 Å². The summed E-state index contributed by atoms with van der Waals surface area (Å²) < 4.78 is 5.44. The number of rotatable bonds is 6. The first kappa shape index (κ1) is 17.2. The summed E-state index contributed by atoms with van der Waals surface area (Å²) in [4.78, 5) is 10.3. The van der Waals surface area contributed by atoms with Crippen LogP contribution >= 0.6 is 11.3 Å². The van der Waals surface area contributed by atoms with E-state index in [4.69, 9.17) is 4.52 Å². The Hall–Kier alpha value is -2.18. The zero-order valence-electron chi connectivity index (χ0n) is 15.1. The largest absolute Gasteiger partial charge is 0.371 e. The number of piperidine rings is 1. The summed E-state index contributed by atoms with van der Waals surface area (Å²) in [5, 5.41) is 6.12. The highest BCUT2D eigenvalue weighted by molar-refractivity contribution is 7.13. The van der Waals surface area contributed by atoms with Gasteiger partial charge in [0, 0.05) is 25.3 Å². The van der Waals surface area contributed by atoms with Crippen molar-refractivity contribution in [3.05, 3.63) is 53.2 Å². The van der Waals surface area contributed by atoms with Gasteiger partial charge >= 0.3 is 0 Å². The molecule has 1 aliphatic heterocycles. The summed E-state index contributed by atoms with van der Waals surface area (Å²) in [7, 11) is 2.10. The molecule has 1 fully saturated rings. The molecule has 0 atom stereocenters. The maximum absolute atomic E-state index is 5.44. The monoisotopic (exact) mass is 368 g/mol. The highest BCUT2D eigenvalue weighted by atomic mass is 32.1. The van der Waals surface area contributed by atoms with Crippen molar-refractivity contribution in [2.24, 2.45) is 0 Å². The first-order valence-corrected chi connectivity index (χ1v) is 10.1. The second-order valence-corrected chi connectivity index (χ2v) is 7.79. The van der Waals surface area contributed by atoms with Gasteiger partial charge in [0.25, 0.3) is 0 Å². The topological polar surface area (TPSA) is 45.4 Å². The van der Waals surface area contributed by atoms with Gasteiger partial charge in [0.2, 0.25) is 11.7 Å². The lowest BCUT2D eigenvalue weighted by atomic mass is 10.1. The van der Waals surface area contributed by atoms with Crippen LogP contribution in [-0.4, -0.2) is 35.2 Å². The van der Waals surface area contributed by atoms with Gasteiger partial charge in [-0.05, 0) is 49.4 Å². The molecule has 1 aromatic carbocycles. The number of hydrogen-bond donors (Lipinski definition) is 0. The number of benzene rings is 1. The van der Waals surface area contributed by atoms with Gasteiger partial charge in [-0.1, -0.05) is 29.4 Å². The summed E-state index contributed by atoms with van der Waals surface area (Å²) >= 11 is 1.62. The molecular weight excluding hydrogens is 344 g/mol. The maximum atomic E-state index is 5.44. The third kappa shape index (κ3) is 3.97. The van der Waals surface area contributed by atoms with Crippen molar-refractivity contribution in [1.29, 1.82) is 0 Å². The van der Waals surface area contributed by atoms with Gasteiger partial charge in [0.15, 0.2) is 0 Å². The fraction of sp³-hybridized carbons (Fsp3) is 0.400. The highest BCUT2D eigenvalue weighted by Crippen LogP contribution is 2.26. The molecule has 1 saturated heterocycles. The van der Waals surface area contributed by atoms with Gasteiger partial charge in [-0.3, -0.25) is 4.90 Å². The van der Waals surface area contributed by atoms with Crippen LogP contribution in [0.4, 0.5) is 5.69 Å². The number of para-hydroxylation sites is 1. The van der Waals surface area contributed by atoms with Gasteiger partial charge in [-0.2, -0.15) is 4.98 Å². The Balaban J connectivity index is 1.43. The molecule has 0 N–H and O–H groups in total. The predicted molar refractivity (Wildman–Crippen MR) is 105 cm³/mol. The quantitative estimate of drug-likeness (QED) is 0.644. The van der Waals surface area contributed by atoms with E-state index in [9.17, 15) is 0 Å². The smallest absolute Gasteiger partial charge is 0.241 e. The van der Waals surface area contributed by atoms with Crippen molar-refractivity contribution in [3.8, 4) is 10.7 Å². The molecule has 4 rings (SSSR count). The standard InChI is InChI=1S/C20H24N4OS/c1-23(15-19-21-20(22-25-19)18-10-7-13-26-18)14-16-8-3-4-9-17(16)24-11-5-2-6-12-24/h3-4,7-10,13H,2,5-6,11-12,14-15H2,1H3. The summed E-state index contributed by atoms with van der Waals surface area (Å²) in [5.41, 5.74) is 2.72. The molecule has 0 saturated carbocycles. The maximum Gasteiger partial charge on any atom is 0.241 e. The van der Waals surface area contributed by atoms with Crippen LogP contribution in [0, 0.1) is 0 Å². The Morgan fingerprint density at radius 3 is 2.73 bits per heavy atom. The average molecular weight is 369 g/mol. The van der Waals surface area contributed by atoms with E-state index in [1.165, 1.54) is 30.5 Å². The number of thiophene rings is 1. The number of anilines is 1. The molecule has 136 valence electrons. The lowest BCUT2D eigenvalue weighted by molar-refractivity contribution is 0.261. The minimum absolute atomic E-state index is 0.646. The lowest BCUT2D eigenvalue weighted by Crippen LogP contribution is -2.31. The van der Waals surface area contributed by atoms with Crippen molar-refractivity contribution >= 4 is 17.0 Å². The first-order valence-electron chi connectivity index (χ1n) is 9.17. The van der Waals surface area contributed by atoms with Gasteiger partial charge in [-0.25, -0.2) is 0 Å². The van der Waals surface area contributed by atoms with Gasteiger partial charge in [0.1, 0.15) is 0 Å². The molecule has 6 heteroatoms. The molecule has 2 aromatic heterocycles. The molecule has 0 spiro atoms. The zero-order chi connectivity index (χ0) is 17.8. The molecule has 1 aliphatic rings. The summed E-state index contributed by atoms with van der Waals surface area (Å²) in [6.07, 6.45) is 3.93. The van der Waals surface area contributed by atoms with Crippen molar-refractivity contribution in [2.45, 2.75) is 32.4 Å². The van der Waals surface area contributed by atoms with E-state index < -0.39 is 0 Å². The predicted octanol–water partition coefficient (Wildman–Crippen LogP) is 4.42. The Kier molecular flexibility index (Phi) is 5.32. The molecule has 0 unspecified atom stereocenters. The Morgan fingerprint density at radius 2 is 1.92 bits per heavy atom. The number of hydrogen-bond acceptors (Lipinski definition) is 6. The van der Waals surface area contributed by atoms with Crippen molar-refractivity contribution in [2.75, 3.05) is 25.0 Å². The van der Waals surface area contributed by atoms with Crippen LogP contribution in [0.25, 0.3) is 10.7 Å². The van der Waals surface area contributed by atoms with Crippen LogP contribution in [0.2, 0.25) is 0 Å². The molecule has 3 aromatic rings. The van der Waals surface area contributed by atoms with Crippen molar-refractivity contribution < 1.29 is 4.52 Å². The van der Waals surface area contributed by atoms with Gasteiger partial charge in [0.05, 0.1) is 11.4 Å². The van der Waals surface area contributed by atoms with E-state index in [2.05, 4.69) is 51.3 Å². The molecule has 5 nitrogen and oxygen atoms in total. The van der Waals surface area contributed by atoms with Crippen LogP contribution in [0.15, 0.2) is 46.3 Å². The fourth-order valence-electron chi connectivity index (χ4n) is 3.49. The molecular formula is C20H24N4OS. The van der Waals surface area contributed by atoms with Crippen LogP contribution < -0.4 is 4.90 Å². The lowest BCUT2D eigenvalue weighted by Gasteiger charge is -2.31. The second kappa shape index (κ2) is 8.01. The van der Waals surface area contributed by atoms with Crippen molar-refractivity contribution in [3.63, 3.8) is 0 Å².